The van der Waals surface area contributed by atoms with E-state index in [1.54, 1.807) is 0 Å². The lowest BCUT2D eigenvalue weighted by Gasteiger charge is -2.13. The van der Waals surface area contributed by atoms with Gasteiger partial charge in [0, 0.05) is 0 Å². The van der Waals surface area contributed by atoms with Crippen molar-refractivity contribution in [1.82, 2.24) is 0 Å². The van der Waals surface area contributed by atoms with E-state index in [-0.39, 0.29) is 11.8 Å². The van der Waals surface area contributed by atoms with Gasteiger partial charge in [-0.25, -0.2) is 0 Å². The molecule has 0 spiro atoms. The van der Waals surface area contributed by atoms with E-state index in [9.17, 15) is 0 Å². The topological polar surface area (TPSA) is 23.8 Å². The lowest BCUT2D eigenvalue weighted by atomic mass is 9.88. The summed E-state index contributed by atoms with van der Waals surface area (Å²) < 4.78 is 0. The van der Waals surface area contributed by atoms with Gasteiger partial charge in [0.05, 0.1) is 12.0 Å². The Morgan fingerprint density at radius 3 is 2.43 bits per heavy atom. The second kappa shape index (κ2) is 5.24. The molecule has 72 valence electrons. The Bertz CT molecular complexity index is 332. The summed E-state index contributed by atoms with van der Waals surface area (Å²) in [5.74, 6) is 0.236. The van der Waals surface area contributed by atoms with Gasteiger partial charge in [0.15, 0.2) is 0 Å². The number of nitriles is 1. The minimum atomic E-state index is -0.0348. The predicted molar refractivity (Wildman–Crippen MR) is 58.8 cm³/mol. The molecule has 14 heavy (non-hydrogen) atoms. The molecule has 0 heterocycles. The van der Waals surface area contributed by atoms with Crippen molar-refractivity contribution in [3.63, 3.8) is 0 Å². The summed E-state index contributed by atoms with van der Waals surface area (Å²) in [6.07, 6.45) is 4.07. The maximum Gasteiger partial charge on any atom is 0.0772 e. The SMILES string of the molecule is C/C=C\[C@H](C)[C@@H](C#N)c1ccccc1. The molecule has 0 radical (unpaired) electrons. The molecular formula is C13H15N. The molecule has 0 aliphatic rings. The first-order chi connectivity index (χ1) is 6.79. The maximum absolute atomic E-state index is 9.09. The largest absolute Gasteiger partial charge is 0.198 e. The minimum absolute atomic E-state index is 0.0348. The summed E-state index contributed by atoms with van der Waals surface area (Å²) in [5.41, 5.74) is 1.10. The number of rotatable bonds is 3. The van der Waals surface area contributed by atoms with Crippen LogP contribution in [0, 0.1) is 17.2 Å². The molecule has 0 amide bonds. The average Bonchev–Trinajstić information content (AvgIpc) is 2.21. The first kappa shape index (κ1) is 10.5. The maximum atomic E-state index is 9.09. The van der Waals surface area contributed by atoms with E-state index >= 15 is 0 Å². The van der Waals surface area contributed by atoms with Gasteiger partial charge in [-0.1, -0.05) is 49.4 Å². The molecular weight excluding hydrogens is 170 g/mol. The molecule has 0 aliphatic heterocycles. The average molecular weight is 185 g/mol. The van der Waals surface area contributed by atoms with Gasteiger partial charge in [0.2, 0.25) is 0 Å². The van der Waals surface area contributed by atoms with E-state index in [1.165, 1.54) is 0 Å². The predicted octanol–water partition coefficient (Wildman–Crippen LogP) is 3.51. The third-order valence-electron chi connectivity index (χ3n) is 2.32. The third kappa shape index (κ3) is 2.47. The second-order valence-corrected chi connectivity index (χ2v) is 3.40. The summed E-state index contributed by atoms with van der Waals surface area (Å²) in [6, 6.07) is 12.3. The van der Waals surface area contributed by atoms with Crippen LogP contribution >= 0.6 is 0 Å². The highest BCUT2D eigenvalue weighted by atomic mass is 14.3. The lowest BCUT2D eigenvalue weighted by molar-refractivity contribution is 0.651. The van der Waals surface area contributed by atoms with Crippen molar-refractivity contribution in [3.05, 3.63) is 48.0 Å². The fourth-order valence-electron chi connectivity index (χ4n) is 1.57. The number of hydrogen-bond acceptors (Lipinski definition) is 1. The van der Waals surface area contributed by atoms with Gasteiger partial charge in [-0.15, -0.1) is 0 Å². The van der Waals surface area contributed by atoms with Gasteiger partial charge >= 0.3 is 0 Å². The number of benzene rings is 1. The van der Waals surface area contributed by atoms with Crippen LogP contribution in [0.25, 0.3) is 0 Å². The first-order valence-corrected chi connectivity index (χ1v) is 4.87. The van der Waals surface area contributed by atoms with Crippen LogP contribution in [0.15, 0.2) is 42.5 Å². The summed E-state index contributed by atoms with van der Waals surface area (Å²) >= 11 is 0. The van der Waals surface area contributed by atoms with Gasteiger partial charge in [0.1, 0.15) is 0 Å². The van der Waals surface area contributed by atoms with Crippen LogP contribution in [-0.2, 0) is 0 Å². The molecule has 0 bridgehead atoms. The van der Waals surface area contributed by atoms with Crippen molar-refractivity contribution in [1.29, 1.82) is 5.26 Å². The van der Waals surface area contributed by atoms with Crippen LogP contribution in [-0.4, -0.2) is 0 Å². The molecule has 1 heteroatoms. The first-order valence-electron chi connectivity index (χ1n) is 4.87. The van der Waals surface area contributed by atoms with Crippen molar-refractivity contribution in [2.24, 2.45) is 5.92 Å². The van der Waals surface area contributed by atoms with Crippen molar-refractivity contribution in [2.75, 3.05) is 0 Å². The van der Waals surface area contributed by atoms with Gasteiger partial charge in [-0.3, -0.25) is 0 Å². The molecule has 0 fully saturated rings. The van der Waals surface area contributed by atoms with Crippen molar-refractivity contribution >= 4 is 0 Å². The Hall–Kier alpha value is -1.55. The Balaban J connectivity index is 2.89. The summed E-state index contributed by atoms with van der Waals surface area (Å²) in [4.78, 5) is 0. The molecule has 0 N–H and O–H groups in total. The van der Waals surface area contributed by atoms with E-state index in [0.29, 0.717) is 0 Å². The van der Waals surface area contributed by atoms with Crippen molar-refractivity contribution in [2.45, 2.75) is 19.8 Å². The minimum Gasteiger partial charge on any atom is -0.198 e. The zero-order valence-corrected chi connectivity index (χ0v) is 8.64. The van der Waals surface area contributed by atoms with Crippen LogP contribution in [0.1, 0.15) is 25.3 Å². The lowest BCUT2D eigenvalue weighted by Crippen LogP contribution is -2.04. The summed E-state index contributed by atoms with van der Waals surface area (Å²) in [6.45, 7) is 4.05. The zero-order chi connectivity index (χ0) is 10.4. The van der Waals surface area contributed by atoms with Crippen LogP contribution in [0.3, 0.4) is 0 Å². The monoisotopic (exact) mass is 185 g/mol. The van der Waals surface area contributed by atoms with E-state index < -0.39 is 0 Å². The summed E-state index contributed by atoms with van der Waals surface area (Å²) in [7, 11) is 0. The molecule has 1 rings (SSSR count). The summed E-state index contributed by atoms with van der Waals surface area (Å²) in [5, 5.41) is 9.09. The fraction of sp³-hybridized carbons (Fsp3) is 0.308. The molecule has 1 aromatic carbocycles. The molecule has 0 saturated heterocycles. The molecule has 0 saturated carbocycles. The van der Waals surface area contributed by atoms with Gasteiger partial charge < -0.3 is 0 Å². The Labute approximate surface area is 85.7 Å². The third-order valence-corrected chi connectivity index (χ3v) is 2.32. The molecule has 1 aromatic rings. The Morgan fingerprint density at radius 2 is 1.93 bits per heavy atom. The molecule has 0 unspecified atom stereocenters. The van der Waals surface area contributed by atoms with Crippen molar-refractivity contribution in [3.8, 4) is 6.07 Å². The van der Waals surface area contributed by atoms with E-state index in [0.717, 1.165) is 5.56 Å². The van der Waals surface area contributed by atoms with Crippen LogP contribution < -0.4 is 0 Å². The van der Waals surface area contributed by atoms with E-state index in [2.05, 4.69) is 19.1 Å². The Morgan fingerprint density at radius 1 is 1.29 bits per heavy atom. The Kier molecular flexibility index (Phi) is 3.94. The zero-order valence-electron chi connectivity index (χ0n) is 8.64. The molecule has 2 atom stereocenters. The van der Waals surface area contributed by atoms with Crippen molar-refractivity contribution < 1.29 is 0 Å². The number of allylic oxidation sites excluding steroid dienone is 2. The smallest absolute Gasteiger partial charge is 0.0772 e. The highest BCUT2D eigenvalue weighted by Crippen LogP contribution is 2.24. The van der Waals surface area contributed by atoms with E-state index in [1.807, 2.05) is 43.3 Å². The normalized spacial score (nSPS) is 14.9. The molecule has 0 aromatic heterocycles. The fourth-order valence-corrected chi connectivity index (χ4v) is 1.57. The molecule has 0 aliphatic carbocycles. The van der Waals surface area contributed by atoms with E-state index in [4.69, 9.17) is 5.26 Å². The van der Waals surface area contributed by atoms with Crippen LogP contribution in [0.2, 0.25) is 0 Å². The quantitative estimate of drug-likeness (QED) is 0.661. The second-order valence-electron chi connectivity index (χ2n) is 3.40. The number of nitrogens with zero attached hydrogens (tertiary/aromatic N) is 1. The van der Waals surface area contributed by atoms with Gasteiger partial charge in [-0.05, 0) is 18.4 Å². The highest BCUT2D eigenvalue weighted by molar-refractivity contribution is 5.26. The van der Waals surface area contributed by atoms with Crippen LogP contribution in [0.4, 0.5) is 0 Å². The van der Waals surface area contributed by atoms with Gasteiger partial charge in [0.25, 0.3) is 0 Å². The van der Waals surface area contributed by atoms with Crippen LogP contribution in [0.5, 0.6) is 0 Å². The molecule has 1 nitrogen and oxygen atoms in total. The standard InChI is InChI=1S/C13H15N/c1-3-7-11(2)13(10-14)12-8-5-4-6-9-12/h3-9,11,13H,1-2H3/b7-3-/t11-,13+/m0/s1. The number of hydrogen-bond donors (Lipinski definition) is 0. The van der Waals surface area contributed by atoms with Gasteiger partial charge in [-0.2, -0.15) is 5.26 Å². The highest BCUT2D eigenvalue weighted by Gasteiger charge is 2.15.